The van der Waals surface area contributed by atoms with Crippen LogP contribution in [0.4, 0.5) is 0 Å². The van der Waals surface area contributed by atoms with Crippen LogP contribution in [0.5, 0.6) is 0 Å². The van der Waals surface area contributed by atoms with Crippen molar-refractivity contribution in [1.29, 1.82) is 0 Å². The summed E-state index contributed by atoms with van der Waals surface area (Å²) in [6.07, 6.45) is 1.19. The third kappa shape index (κ3) is 5.34. The molecule has 1 heterocycles. The quantitative estimate of drug-likeness (QED) is 0.672. The first-order valence-corrected chi connectivity index (χ1v) is 6.70. The Balaban J connectivity index is 2.37. The standard InChI is InChI=1S/C13H29N3O/c1-5-14-10-13(6-9-17-12-13)11-16(4)8-7-15(2)3/h14H,5-12H2,1-4H3. The van der Waals surface area contributed by atoms with Gasteiger partial charge in [0.2, 0.25) is 0 Å². The molecule has 0 aromatic heterocycles. The summed E-state index contributed by atoms with van der Waals surface area (Å²) in [6.45, 7) is 9.50. The second-order valence-electron chi connectivity index (χ2n) is 5.62. The number of ether oxygens (including phenoxy) is 1. The van der Waals surface area contributed by atoms with Crippen molar-refractivity contribution in [2.75, 3.05) is 67.1 Å². The highest BCUT2D eigenvalue weighted by atomic mass is 16.5. The van der Waals surface area contributed by atoms with Crippen molar-refractivity contribution < 1.29 is 4.74 Å². The van der Waals surface area contributed by atoms with E-state index in [-0.39, 0.29) is 0 Å². The molecular formula is C13H29N3O. The molecule has 1 saturated heterocycles. The smallest absolute Gasteiger partial charge is 0.0547 e. The maximum Gasteiger partial charge on any atom is 0.0547 e. The van der Waals surface area contributed by atoms with Crippen LogP contribution in [-0.2, 0) is 4.74 Å². The van der Waals surface area contributed by atoms with Crippen molar-refractivity contribution in [2.45, 2.75) is 13.3 Å². The molecule has 17 heavy (non-hydrogen) atoms. The van der Waals surface area contributed by atoms with Crippen LogP contribution in [0.15, 0.2) is 0 Å². The molecular weight excluding hydrogens is 214 g/mol. The van der Waals surface area contributed by atoms with Gasteiger partial charge in [-0.25, -0.2) is 0 Å². The Kier molecular flexibility index (Phi) is 6.41. The molecule has 1 unspecified atom stereocenters. The van der Waals surface area contributed by atoms with Gasteiger partial charge in [0.25, 0.3) is 0 Å². The van der Waals surface area contributed by atoms with Crippen molar-refractivity contribution in [2.24, 2.45) is 5.41 Å². The topological polar surface area (TPSA) is 27.7 Å². The lowest BCUT2D eigenvalue weighted by Crippen LogP contribution is -2.45. The molecule has 4 nitrogen and oxygen atoms in total. The van der Waals surface area contributed by atoms with Crippen molar-refractivity contribution in [3.63, 3.8) is 0 Å². The van der Waals surface area contributed by atoms with Crippen LogP contribution in [0.1, 0.15) is 13.3 Å². The zero-order chi connectivity index (χ0) is 12.7. The van der Waals surface area contributed by atoms with Crippen LogP contribution in [0.3, 0.4) is 0 Å². The molecule has 0 aliphatic carbocycles. The lowest BCUT2D eigenvalue weighted by molar-refractivity contribution is 0.116. The molecule has 1 rings (SSSR count). The summed E-state index contributed by atoms with van der Waals surface area (Å²) in [4.78, 5) is 4.67. The van der Waals surface area contributed by atoms with Crippen LogP contribution in [0, 0.1) is 5.41 Å². The molecule has 102 valence electrons. The first kappa shape index (κ1) is 14.9. The summed E-state index contributed by atoms with van der Waals surface area (Å²) in [5, 5.41) is 3.48. The molecule has 1 aliphatic rings. The molecule has 1 fully saturated rings. The summed E-state index contributed by atoms with van der Waals surface area (Å²) >= 11 is 0. The Labute approximate surface area is 106 Å². The molecule has 0 spiro atoms. The van der Waals surface area contributed by atoms with E-state index in [0.29, 0.717) is 5.41 Å². The molecule has 0 bridgehead atoms. The summed E-state index contributed by atoms with van der Waals surface area (Å²) in [6, 6.07) is 0. The van der Waals surface area contributed by atoms with Gasteiger partial charge in [-0.3, -0.25) is 0 Å². The maximum atomic E-state index is 5.61. The van der Waals surface area contributed by atoms with E-state index in [1.807, 2.05) is 0 Å². The van der Waals surface area contributed by atoms with Crippen LogP contribution in [0.2, 0.25) is 0 Å². The van der Waals surface area contributed by atoms with Gasteiger partial charge in [-0.2, -0.15) is 0 Å². The highest BCUT2D eigenvalue weighted by molar-refractivity contribution is 4.87. The molecule has 1 atom stereocenters. The second-order valence-corrected chi connectivity index (χ2v) is 5.62. The Morgan fingerprint density at radius 2 is 2.00 bits per heavy atom. The molecule has 1 N–H and O–H groups in total. The van der Waals surface area contributed by atoms with Gasteiger partial charge >= 0.3 is 0 Å². The zero-order valence-corrected chi connectivity index (χ0v) is 12.0. The van der Waals surface area contributed by atoms with Crippen molar-refractivity contribution in [1.82, 2.24) is 15.1 Å². The minimum absolute atomic E-state index is 0.330. The number of hydrogen-bond donors (Lipinski definition) is 1. The lowest BCUT2D eigenvalue weighted by atomic mass is 9.86. The fourth-order valence-electron chi connectivity index (χ4n) is 2.38. The minimum Gasteiger partial charge on any atom is -0.381 e. The number of nitrogens with one attached hydrogen (secondary N) is 1. The van der Waals surface area contributed by atoms with E-state index in [1.54, 1.807) is 0 Å². The van der Waals surface area contributed by atoms with Crippen LogP contribution >= 0.6 is 0 Å². The van der Waals surface area contributed by atoms with Crippen LogP contribution in [-0.4, -0.2) is 76.9 Å². The Bertz CT molecular complexity index is 203. The van der Waals surface area contributed by atoms with Gasteiger partial charge in [0.05, 0.1) is 6.61 Å². The number of hydrogen-bond acceptors (Lipinski definition) is 4. The molecule has 0 aromatic rings. The van der Waals surface area contributed by atoms with Crippen LogP contribution < -0.4 is 5.32 Å². The van der Waals surface area contributed by atoms with Gasteiger partial charge in [-0.05, 0) is 34.1 Å². The van der Waals surface area contributed by atoms with E-state index in [0.717, 1.165) is 45.9 Å². The lowest BCUT2D eigenvalue weighted by Gasteiger charge is -2.33. The van der Waals surface area contributed by atoms with Gasteiger partial charge in [0.15, 0.2) is 0 Å². The predicted octanol–water partition coefficient (Wildman–Crippen LogP) is 0.496. The molecule has 1 aliphatic heterocycles. The maximum absolute atomic E-state index is 5.61. The van der Waals surface area contributed by atoms with Gasteiger partial charge in [0.1, 0.15) is 0 Å². The van der Waals surface area contributed by atoms with Crippen LogP contribution in [0.25, 0.3) is 0 Å². The first-order chi connectivity index (χ1) is 8.08. The largest absolute Gasteiger partial charge is 0.381 e. The summed E-state index contributed by atoms with van der Waals surface area (Å²) in [5.41, 5.74) is 0.330. The van der Waals surface area contributed by atoms with Crippen molar-refractivity contribution >= 4 is 0 Å². The van der Waals surface area contributed by atoms with Crippen molar-refractivity contribution in [3.05, 3.63) is 0 Å². The fraction of sp³-hybridized carbons (Fsp3) is 1.00. The Hall–Kier alpha value is -0.160. The summed E-state index contributed by atoms with van der Waals surface area (Å²) in [5.74, 6) is 0. The normalized spacial score (nSPS) is 25.1. The molecule has 0 saturated carbocycles. The highest BCUT2D eigenvalue weighted by Crippen LogP contribution is 2.28. The van der Waals surface area contributed by atoms with E-state index in [4.69, 9.17) is 4.74 Å². The molecule has 0 amide bonds. The second kappa shape index (κ2) is 7.31. The minimum atomic E-state index is 0.330. The van der Waals surface area contributed by atoms with E-state index >= 15 is 0 Å². The average Bonchev–Trinajstić information content (AvgIpc) is 2.73. The molecule has 4 heteroatoms. The fourth-order valence-corrected chi connectivity index (χ4v) is 2.38. The van der Waals surface area contributed by atoms with Crippen molar-refractivity contribution in [3.8, 4) is 0 Å². The van der Waals surface area contributed by atoms with E-state index in [9.17, 15) is 0 Å². The van der Waals surface area contributed by atoms with E-state index < -0.39 is 0 Å². The van der Waals surface area contributed by atoms with Gasteiger partial charge in [0, 0.05) is 38.2 Å². The number of nitrogens with zero attached hydrogens (tertiary/aromatic N) is 2. The van der Waals surface area contributed by atoms with E-state index in [2.05, 4.69) is 43.2 Å². The van der Waals surface area contributed by atoms with Gasteiger partial charge in [-0.1, -0.05) is 6.92 Å². The predicted molar refractivity (Wildman–Crippen MR) is 72.5 cm³/mol. The average molecular weight is 243 g/mol. The number of rotatable bonds is 8. The monoisotopic (exact) mass is 243 g/mol. The molecule has 0 aromatic carbocycles. The summed E-state index contributed by atoms with van der Waals surface area (Å²) < 4.78 is 5.61. The van der Waals surface area contributed by atoms with Gasteiger partial charge in [-0.15, -0.1) is 0 Å². The third-order valence-corrected chi connectivity index (χ3v) is 3.47. The van der Waals surface area contributed by atoms with E-state index in [1.165, 1.54) is 6.42 Å². The molecule has 0 radical (unpaired) electrons. The Morgan fingerprint density at radius 1 is 1.24 bits per heavy atom. The summed E-state index contributed by atoms with van der Waals surface area (Å²) in [7, 11) is 6.47. The third-order valence-electron chi connectivity index (χ3n) is 3.47. The first-order valence-electron chi connectivity index (χ1n) is 6.70. The zero-order valence-electron chi connectivity index (χ0n) is 12.0. The highest BCUT2D eigenvalue weighted by Gasteiger charge is 2.35. The SMILES string of the molecule is CCNCC1(CN(C)CCN(C)C)CCOC1. The van der Waals surface area contributed by atoms with Gasteiger partial charge < -0.3 is 19.9 Å². The Morgan fingerprint density at radius 3 is 2.53 bits per heavy atom. The number of likely N-dealkylation sites (N-methyl/N-ethyl adjacent to an activating group) is 2.